The van der Waals surface area contributed by atoms with Crippen LogP contribution in [0.4, 0.5) is 5.69 Å². The lowest BCUT2D eigenvalue weighted by molar-refractivity contribution is -0.120. The number of imidazole rings is 1. The summed E-state index contributed by atoms with van der Waals surface area (Å²) >= 11 is 0. The zero-order valence-electron chi connectivity index (χ0n) is 17.5. The maximum Gasteiger partial charge on any atom is 0.241 e. The third-order valence-electron chi connectivity index (χ3n) is 5.74. The summed E-state index contributed by atoms with van der Waals surface area (Å²) in [6.07, 6.45) is 5.70. The largest absolute Gasteiger partial charge is 0.497 e. The Morgan fingerprint density at radius 1 is 1.20 bits per heavy atom. The molecular formula is C24H28N4O2. The molecule has 2 aromatic carbocycles. The van der Waals surface area contributed by atoms with Crippen molar-refractivity contribution in [3.63, 3.8) is 0 Å². The van der Waals surface area contributed by atoms with Crippen molar-refractivity contribution in [1.29, 1.82) is 0 Å². The number of ether oxygens (including phenoxy) is 1. The van der Waals surface area contributed by atoms with Gasteiger partial charge in [0.05, 0.1) is 19.7 Å². The van der Waals surface area contributed by atoms with Gasteiger partial charge in [-0.3, -0.25) is 9.69 Å². The highest BCUT2D eigenvalue weighted by Crippen LogP contribution is 2.30. The zero-order valence-corrected chi connectivity index (χ0v) is 17.5. The van der Waals surface area contributed by atoms with Crippen LogP contribution >= 0.6 is 0 Å². The number of hydrogen-bond donors (Lipinski definition) is 1. The summed E-state index contributed by atoms with van der Waals surface area (Å²) in [4.78, 5) is 19.9. The lowest BCUT2D eigenvalue weighted by atomic mass is 10.0. The fourth-order valence-corrected chi connectivity index (χ4v) is 4.10. The van der Waals surface area contributed by atoms with Gasteiger partial charge in [0.15, 0.2) is 0 Å². The number of nitrogens with one attached hydrogen (secondary N) is 1. The molecule has 156 valence electrons. The zero-order chi connectivity index (χ0) is 20.9. The average molecular weight is 405 g/mol. The SMILES string of the molecule is CCn1ccnc1CN1CCC[C@H]1C(=O)Nc1ccccc1-c1ccc(OC)cc1. The Morgan fingerprint density at radius 3 is 2.77 bits per heavy atom. The van der Waals surface area contributed by atoms with Crippen molar-refractivity contribution >= 4 is 11.6 Å². The molecule has 1 aliphatic heterocycles. The van der Waals surface area contributed by atoms with E-state index in [0.29, 0.717) is 6.54 Å². The molecule has 0 bridgehead atoms. The monoisotopic (exact) mass is 404 g/mol. The van der Waals surface area contributed by atoms with E-state index in [1.165, 1.54) is 0 Å². The van der Waals surface area contributed by atoms with Crippen LogP contribution in [0, 0.1) is 0 Å². The second kappa shape index (κ2) is 9.13. The fraction of sp³-hybridized carbons (Fsp3) is 0.333. The number of carbonyl (C=O) groups is 1. The highest BCUT2D eigenvalue weighted by molar-refractivity contribution is 5.98. The minimum atomic E-state index is -0.143. The van der Waals surface area contributed by atoms with Crippen molar-refractivity contribution in [1.82, 2.24) is 14.5 Å². The summed E-state index contributed by atoms with van der Waals surface area (Å²) in [5, 5.41) is 3.18. The summed E-state index contributed by atoms with van der Waals surface area (Å²) in [6.45, 7) is 4.60. The molecule has 1 atom stereocenters. The van der Waals surface area contributed by atoms with Gasteiger partial charge in [-0.1, -0.05) is 30.3 Å². The van der Waals surface area contributed by atoms with Crippen LogP contribution in [0.3, 0.4) is 0 Å². The van der Waals surface area contributed by atoms with E-state index in [0.717, 1.165) is 54.3 Å². The Morgan fingerprint density at radius 2 is 2.00 bits per heavy atom. The van der Waals surface area contributed by atoms with Crippen molar-refractivity contribution in [2.24, 2.45) is 0 Å². The molecule has 1 saturated heterocycles. The smallest absolute Gasteiger partial charge is 0.241 e. The van der Waals surface area contributed by atoms with Gasteiger partial charge in [-0.2, -0.15) is 0 Å². The number of amides is 1. The number of nitrogens with zero attached hydrogens (tertiary/aromatic N) is 3. The number of rotatable bonds is 7. The summed E-state index contributed by atoms with van der Waals surface area (Å²) < 4.78 is 7.39. The van der Waals surface area contributed by atoms with Gasteiger partial charge in [-0.05, 0) is 50.1 Å². The molecule has 6 heteroatoms. The molecule has 0 aliphatic carbocycles. The predicted molar refractivity (Wildman–Crippen MR) is 118 cm³/mol. The molecule has 1 aromatic heterocycles. The van der Waals surface area contributed by atoms with Gasteiger partial charge in [0.1, 0.15) is 11.6 Å². The van der Waals surface area contributed by atoms with Crippen LogP contribution in [0.5, 0.6) is 5.75 Å². The molecule has 1 amide bonds. The first-order chi connectivity index (χ1) is 14.7. The van der Waals surface area contributed by atoms with Gasteiger partial charge in [0.25, 0.3) is 0 Å². The van der Waals surface area contributed by atoms with Crippen LogP contribution in [0.2, 0.25) is 0 Å². The normalized spacial score (nSPS) is 16.5. The van der Waals surface area contributed by atoms with Crippen LogP contribution in [-0.4, -0.2) is 40.1 Å². The van der Waals surface area contributed by atoms with Gasteiger partial charge in [0.2, 0.25) is 5.91 Å². The molecule has 4 rings (SSSR count). The lowest BCUT2D eigenvalue weighted by Gasteiger charge is -2.24. The fourth-order valence-electron chi connectivity index (χ4n) is 4.10. The number of likely N-dealkylation sites (tertiary alicyclic amines) is 1. The van der Waals surface area contributed by atoms with Gasteiger partial charge in [-0.25, -0.2) is 4.98 Å². The number of anilines is 1. The molecule has 0 radical (unpaired) electrons. The van der Waals surface area contributed by atoms with Gasteiger partial charge >= 0.3 is 0 Å². The van der Waals surface area contributed by atoms with Crippen LogP contribution in [0.1, 0.15) is 25.6 Å². The van der Waals surface area contributed by atoms with Crippen molar-refractivity contribution in [2.45, 2.75) is 38.9 Å². The first-order valence-corrected chi connectivity index (χ1v) is 10.5. The molecule has 0 spiro atoms. The van der Waals surface area contributed by atoms with E-state index in [2.05, 4.69) is 26.7 Å². The Kier molecular flexibility index (Phi) is 6.14. The van der Waals surface area contributed by atoms with Crippen molar-refractivity contribution in [2.75, 3.05) is 19.0 Å². The number of aryl methyl sites for hydroxylation is 1. The molecule has 1 N–H and O–H groups in total. The van der Waals surface area contributed by atoms with Crippen LogP contribution < -0.4 is 10.1 Å². The van der Waals surface area contributed by atoms with E-state index in [9.17, 15) is 4.79 Å². The first-order valence-electron chi connectivity index (χ1n) is 10.5. The molecule has 0 saturated carbocycles. The minimum Gasteiger partial charge on any atom is -0.497 e. The van der Waals surface area contributed by atoms with Gasteiger partial charge in [0, 0.05) is 30.2 Å². The van der Waals surface area contributed by atoms with Crippen molar-refractivity contribution < 1.29 is 9.53 Å². The molecule has 1 aliphatic rings. The number of carbonyl (C=O) groups excluding carboxylic acids is 1. The maximum absolute atomic E-state index is 13.2. The Hall–Kier alpha value is -3.12. The van der Waals surface area contributed by atoms with E-state index < -0.39 is 0 Å². The van der Waals surface area contributed by atoms with Crippen molar-refractivity contribution in [3.05, 3.63) is 66.7 Å². The number of benzene rings is 2. The van der Waals surface area contributed by atoms with E-state index in [1.54, 1.807) is 7.11 Å². The Bertz CT molecular complexity index is 996. The second-order valence-electron chi connectivity index (χ2n) is 7.52. The lowest BCUT2D eigenvalue weighted by Crippen LogP contribution is -2.39. The molecular weight excluding hydrogens is 376 g/mol. The summed E-state index contributed by atoms with van der Waals surface area (Å²) in [5.41, 5.74) is 2.87. The van der Waals surface area contributed by atoms with Crippen molar-refractivity contribution in [3.8, 4) is 16.9 Å². The van der Waals surface area contributed by atoms with E-state index in [4.69, 9.17) is 4.74 Å². The second-order valence-corrected chi connectivity index (χ2v) is 7.52. The summed E-state index contributed by atoms with van der Waals surface area (Å²) in [6, 6.07) is 15.7. The van der Waals surface area contributed by atoms with Gasteiger partial charge in [-0.15, -0.1) is 0 Å². The van der Waals surface area contributed by atoms with Crippen LogP contribution in [0.25, 0.3) is 11.1 Å². The summed E-state index contributed by atoms with van der Waals surface area (Å²) in [7, 11) is 1.66. The minimum absolute atomic E-state index is 0.0445. The number of hydrogen-bond acceptors (Lipinski definition) is 4. The summed E-state index contributed by atoms with van der Waals surface area (Å²) in [5.74, 6) is 1.87. The molecule has 1 fully saturated rings. The average Bonchev–Trinajstić information content (AvgIpc) is 3.44. The Balaban J connectivity index is 1.50. The van der Waals surface area contributed by atoms with Crippen LogP contribution in [0.15, 0.2) is 60.9 Å². The first kappa shape index (κ1) is 20.2. The number of methoxy groups -OCH3 is 1. The maximum atomic E-state index is 13.2. The van der Waals surface area contributed by atoms with E-state index in [1.807, 2.05) is 60.9 Å². The van der Waals surface area contributed by atoms with Gasteiger partial charge < -0.3 is 14.6 Å². The quantitative estimate of drug-likeness (QED) is 0.642. The molecule has 30 heavy (non-hydrogen) atoms. The number of aromatic nitrogens is 2. The highest BCUT2D eigenvalue weighted by Gasteiger charge is 2.31. The highest BCUT2D eigenvalue weighted by atomic mass is 16.5. The standard InChI is InChI=1S/C24H28N4O2/c1-3-27-16-14-25-23(27)17-28-15-6-9-22(28)24(29)26-21-8-5-4-7-20(21)18-10-12-19(30-2)13-11-18/h4-5,7-8,10-14,16,22H,3,6,9,15,17H2,1-2H3,(H,26,29)/t22-/m0/s1. The molecule has 2 heterocycles. The van der Waals surface area contributed by atoms with Crippen LogP contribution in [-0.2, 0) is 17.9 Å². The molecule has 0 unspecified atom stereocenters. The molecule has 6 nitrogen and oxygen atoms in total. The predicted octanol–water partition coefficient (Wildman–Crippen LogP) is 4.18. The van der Waals surface area contributed by atoms with E-state index >= 15 is 0 Å². The third kappa shape index (κ3) is 4.24. The number of para-hydroxylation sites is 1. The Labute approximate surface area is 177 Å². The molecule has 3 aromatic rings. The van der Waals surface area contributed by atoms with E-state index in [-0.39, 0.29) is 11.9 Å². The topological polar surface area (TPSA) is 59.4 Å². The third-order valence-corrected chi connectivity index (χ3v) is 5.74.